The molecule has 2 N–H and O–H groups in total. The summed E-state index contributed by atoms with van der Waals surface area (Å²) in [6.45, 7) is 5.40. The van der Waals surface area contributed by atoms with E-state index in [2.05, 4.69) is 0 Å². The number of nitrogens with zero attached hydrogens (tertiary/aromatic N) is 1. The van der Waals surface area contributed by atoms with Crippen molar-refractivity contribution in [1.29, 1.82) is 0 Å². The zero-order chi connectivity index (χ0) is 11.7. The van der Waals surface area contributed by atoms with Gasteiger partial charge in [0.25, 0.3) is 0 Å². The molecule has 1 aliphatic heterocycles. The van der Waals surface area contributed by atoms with Crippen LogP contribution in [0.3, 0.4) is 0 Å². The predicted octanol–water partition coefficient (Wildman–Crippen LogP) is 0.351. The van der Waals surface area contributed by atoms with Crippen LogP contribution >= 0.6 is 0 Å². The Bertz CT molecular complexity index is 237. The molecule has 1 heterocycles. The van der Waals surface area contributed by atoms with Crippen LogP contribution in [0, 0.1) is 0 Å². The molecule has 0 aliphatic carbocycles. The molecule has 15 heavy (non-hydrogen) atoms. The van der Waals surface area contributed by atoms with Crippen LogP contribution in [0.15, 0.2) is 0 Å². The number of hydrogen-bond donors (Lipinski definition) is 2. The lowest BCUT2D eigenvalue weighted by atomic mass is 9.87. The van der Waals surface area contributed by atoms with Crippen molar-refractivity contribution in [3.8, 4) is 0 Å². The first-order valence-electron chi connectivity index (χ1n) is 5.07. The van der Waals surface area contributed by atoms with Gasteiger partial charge in [0.05, 0.1) is 18.8 Å². The third-order valence-corrected chi connectivity index (χ3v) is 2.58. The van der Waals surface area contributed by atoms with Gasteiger partial charge in [-0.1, -0.05) is 0 Å². The van der Waals surface area contributed by atoms with E-state index in [1.54, 1.807) is 20.8 Å². The molecule has 5 heteroatoms. The summed E-state index contributed by atoms with van der Waals surface area (Å²) in [4.78, 5) is 13.0. The monoisotopic (exact) mass is 217 g/mol. The Balaban J connectivity index is 2.62. The van der Waals surface area contributed by atoms with Crippen LogP contribution in [0.4, 0.5) is 4.79 Å². The van der Waals surface area contributed by atoms with E-state index >= 15 is 0 Å². The molecular formula is C10H19NO4. The maximum Gasteiger partial charge on any atom is 0.410 e. The standard InChI is InChI=1S/C10H19NO4/c1-9(2,3)15-8(14)11-5-4-10(11,6-12)7-13/h12-13H,4-7H2,1-3H3. The third-order valence-electron chi connectivity index (χ3n) is 2.58. The van der Waals surface area contributed by atoms with Gasteiger partial charge in [0.2, 0.25) is 0 Å². The van der Waals surface area contributed by atoms with E-state index in [1.807, 2.05) is 0 Å². The molecule has 1 fully saturated rings. The van der Waals surface area contributed by atoms with E-state index in [1.165, 1.54) is 4.90 Å². The largest absolute Gasteiger partial charge is 0.444 e. The number of likely N-dealkylation sites (tertiary alicyclic amines) is 1. The molecule has 0 radical (unpaired) electrons. The minimum absolute atomic E-state index is 0.233. The molecule has 5 nitrogen and oxygen atoms in total. The predicted molar refractivity (Wildman–Crippen MR) is 54.5 cm³/mol. The lowest BCUT2D eigenvalue weighted by Gasteiger charge is -2.50. The van der Waals surface area contributed by atoms with E-state index in [0.717, 1.165) is 0 Å². The Labute approximate surface area is 89.6 Å². The summed E-state index contributed by atoms with van der Waals surface area (Å²) in [7, 11) is 0. The fourth-order valence-electron chi connectivity index (χ4n) is 1.52. The lowest BCUT2D eigenvalue weighted by molar-refractivity contribution is -0.0883. The molecule has 1 amide bonds. The number of rotatable bonds is 2. The molecule has 0 aromatic heterocycles. The molecule has 1 rings (SSSR count). The van der Waals surface area contributed by atoms with Crippen molar-refractivity contribution in [1.82, 2.24) is 4.90 Å². The SMILES string of the molecule is CC(C)(C)OC(=O)N1CCC1(CO)CO. The van der Waals surface area contributed by atoms with Crippen molar-refractivity contribution < 1.29 is 19.7 Å². The zero-order valence-electron chi connectivity index (χ0n) is 9.49. The normalized spacial score (nSPS) is 19.7. The van der Waals surface area contributed by atoms with Gasteiger partial charge in [0, 0.05) is 6.54 Å². The number of hydrogen-bond acceptors (Lipinski definition) is 4. The van der Waals surface area contributed by atoms with Gasteiger partial charge in [0.15, 0.2) is 0 Å². The van der Waals surface area contributed by atoms with Crippen LogP contribution in [-0.2, 0) is 4.74 Å². The quantitative estimate of drug-likeness (QED) is 0.700. The van der Waals surface area contributed by atoms with Gasteiger partial charge in [-0.3, -0.25) is 4.90 Å². The molecule has 0 aromatic rings. The number of carbonyl (C=O) groups excluding carboxylic acids is 1. The highest BCUT2D eigenvalue weighted by Gasteiger charge is 2.48. The molecule has 0 unspecified atom stereocenters. The van der Waals surface area contributed by atoms with E-state index in [0.29, 0.717) is 13.0 Å². The van der Waals surface area contributed by atoms with Crippen molar-refractivity contribution in [2.75, 3.05) is 19.8 Å². The highest BCUT2D eigenvalue weighted by molar-refractivity contribution is 5.70. The van der Waals surface area contributed by atoms with Gasteiger partial charge in [-0.2, -0.15) is 0 Å². The van der Waals surface area contributed by atoms with E-state index in [4.69, 9.17) is 14.9 Å². The van der Waals surface area contributed by atoms with Gasteiger partial charge in [-0.25, -0.2) is 4.79 Å². The molecule has 0 atom stereocenters. The fraction of sp³-hybridized carbons (Fsp3) is 0.900. The van der Waals surface area contributed by atoms with Gasteiger partial charge in [-0.15, -0.1) is 0 Å². The number of ether oxygens (including phenoxy) is 1. The van der Waals surface area contributed by atoms with Crippen LogP contribution in [0.5, 0.6) is 0 Å². The highest BCUT2D eigenvalue weighted by Crippen LogP contribution is 2.31. The molecule has 0 bridgehead atoms. The second kappa shape index (κ2) is 3.98. The van der Waals surface area contributed by atoms with E-state index in [-0.39, 0.29) is 13.2 Å². The van der Waals surface area contributed by atoms with Crippen LogP contribution < -0.4 is 0 Å². The Morgan fingerprint density at radius 1 is 1.40 bits per heavy atom. The molecule has 0 spiro atoms. The van der Waals surface area contributed by atoms with Gasteiger partial charge in [0.1, 0.15) is 5.60 Å². The van der Waals surface area contributed by atoms with Crippen molar-refractivity contribution in [2.24, 2.45) is 0 Å². The summed E-state index contributed by atoms with van der Waals surface area (Å²) in [5.74, 6) is 0. The highest BCUT2D eigenvalue weighted by atomic mass is 16.6. The topological polar surface area (TPSA) is 70.0 Å². The zero-order valence-corrected chi connectivity index (χ0v) is 9.49. The smallest absolute Gasteiger partial charge is 0.410 e. The van der Waals surface area contributed by atoms with E-state index in [9.17, 15) is 4.79 Å². The van der Waals surface area contributed by atoms with Crippen LogP contribution in [-0.4, -0.2) is 52.1 Å². The summed E-state index contributed by atoms with van der Waals surface area (Å²) in [6, 6.07) is 0. The molecule has 0 saturated carbocycles. The first-order valence-corrected chi connectivity index (χ1v) is 5.07. The summed E-state index contributed by atoms with van der Waals surface area (Å²) in [5.41, 5.74) is -1.37. The number of aliphatic hydroxyl groups is 2. The van der Waals surface area contributed by atoms with E-state index < -0.39 is 17.2 Å². The van der Waals surface area contributed by atoms with Crippen molar-refractivity contribution in [3.63, 3.8) is 0 Å². The molecule has 1 saturated heterocycles. The Hall–Kier alpha value is -0.810. The first-order chi connectivity index (χ1) is 6.84. The fourth-order valence-corrected chi connectivity index (χ4v) is 1.52. The van der Waals surface area contributed by atoms with Crippen molar-refractivity contribution >= 4 is 6.09 Å². The van der Waals surface area contributed by atoms with Gasteiger partial charge >= 0.3 is 6.09 Å². The number of amides is 1. The number of carbonyl (C=O) groups is 1. The Kier molecular flexibility index (Phi) is 3.25. The van der Waals surface area contributed by atoms with Crippen LogP contribution in [0.1, 0.15) is 27.2 Å². The second-order valence-electron chi connectivity index (χ2n) is 4.92. The molecule has 1 aliphatic rings. The lowest BCUT2D eigenvalue weighted by Crippen LogP contribution is -2.66. The minimum atomic E-state index is -0.817. The molecule has 88 valence electrons. The van der Waals surface area contributed by atoms with Crippen LogP contribution in [0.25, 0.3) is 0 Å². The summed E-state index contributed by atoms with van der Waals surface area (Å²) < 4.78 is 5.17. The van der Waals surface area contributed by atoms with Crippen molar-refractivity contribution in [3.05, 3.63) is 0 Å². The van der Waals surface area contributed by atoms with Gasteiger partial charge in [-0.05, 0) is 27.2 Å². The average Bonchev–Trinajstić information content (AvgIpc) is 2.01. The first kappa shape index (κ1) is 12.3. The molecular weight excluding hydrogens is 198 g/mol. The van der Waals surface area contributed by atoms with Crippen molar-refractivity contribution in [2.45, 2.75) is 38.3 Å². The second-order valence-corrected chi connectivity index (χ2v) is 4.92. The number of aliphatic hydroxyl groups excluding tert-OH is 2. The summed E-state index contributed by atoms with van der Waals surface area (Å²) in [6.07, 6.45) is 0.135. The third kappa shape index (κ3) is 2.41. The Morgan fingerprint density at radius 3 is 2.20 bits per heavy atom. The minimum Gasteiger partial charge on any atom is -0.444 e. The Morgan fingerprint density at radius 2 is 1.93 bits per heavy atom. The maximum atomic E-state index is 11.7. The van der Waals surface area contributed by atoms with Gasteiger partial charge < -0.3 is 14.9 Å². The van der Waals surface area contributed by atoms with Crippen LogP contribution in [0.2, 0.25) is 0 Å². The summed E-state index contributed by atoms with van der Waals surface area (Å²) >= 11 is 0. The maximum absolute atomic E-state index is 11.7. The molecule has 0 aromatic carbocycles. The summed E-state index contributed by atoms with van der Waals surface area (Å²) in [5, 5.41) is 18.3. The average molecular weight is 217 g/mol.